The highest BCUT2D eigenvalue weighted by atomic mass is 32.2. The van der Waals surface area contributed by atoms with Crippen molar-refractivity contribution in [2.45, 2.75) is 37.1 Å². The minimum atomic E-state index is -3.59. The Hall–Kier alpha value is -1.40. The molecule has 5 nitrogen and oxygen atoms in total. The minimum Gasteiger partial charge on any atom is -0.469 e. The predicted octanol–water partition coefficient (Wildman–Crippen LogP) is 1.62. The Morgan fingerprint density at radius 3 is 2.50 bits per heavy atom. The number of carbonyl (C=O) groups excluding carboxylic acids is 1. The van der Waals surface area contributed by atoms with Crippen LogP contribution in [-0.4, -0.2) is 27.5 Å². The number of hydrogen-bond donors (Lipinski definition) is 1. The van der Waals surface area contributed by atoms with Gasteiger partial charge in [-0.15, -0.1) is 0 Å². The summed E-state index contributed by atoms with van der Waals surface area (Å²) in [6.07, 6.45) is 2.14. The highest BCUT2D eigenvalue weighted by molar-refractivity contribution is 7.89. The molecular formula is C14H19NO4S. The van der Waals surface area contributed by atoms with E-state index in [1.54, 1.807) is 24.3 Å². The number of methoxy groups -OCH3 is 1. The van der Waals surface area contributed by atoms with Gasteiger partial charge >= 0.3 is 5.97 Å². The van der Waals surface area contributed by atoms with E-state index in [0.29, 0.717) is 12.8 Å². The molecule has 110 valence electrons. The topological polar surface area (TPSA) is 72.5 Å². The Balaban J connectivity index is 2.15. The van der Waals surface area contributed by atoms with Gasteiger partial charge in [-0.1, -0.05) is 24.1 Å². The predicted molar refractivity (Wildman–Crippen MR) is 74.6 cm³/mol. The zero-order chi connectivity index (χ0) is 14.8. The fourth-order valence-corrected chi connectivity index (χ4v) is 3.83. The molecule has 1 saturated carbocycles. The summed E-state index contributed by atoms with van der Waals surface area (Å²) in [4.78, 5) is 11.9. The van der Waals surface area contributed by atoms with Crippen molar-refractivity contribution < 1.29 is 17.9 Å². The first kappa shape index (κ1) is 15.0. The van der Waals surface area contributed by atoms with Gasteiger partial charge in [0.05, 0.1) is 17.9 Å². The first-order valence-electron chi connectivity index (χ1n) is 6.61. The van der Waals surface area contributed by atoms with Crippen LogP contribution >= 0.6 is 0 Å². The molecule has 1 N–H and O–H groups in total. The zero-order valence-corrected chi connectivity index (χ0v) is 12.4. The Morgan fingerprint density at radius 1 is 1.25 bits per heavy atom. The van der Waals surface area contributed by atoms with Crippen LogP contribution in [0.25, 0.3) is 0 Å². The molecular weight excluding hydrogens is 278 g/mol. The molecule has 0 aromatic heterocycles. The molecule has 1 aromatic carbocycles. The quantitative estimate of drug-likeness (QED) is 0.857. The van der Waals surface area contributed by atoms with Crippen LogP contribution in [0.15, 0.2) is 29.2 Å². The smallest absolute Gasteiger partial charge is 0.310 e. The third-order valence-electron chi connectivity index (χ3n) is 3.66. The molecule has 2 atom stereocenters. The number of ether oxygens (including phenoxy) is 1. The van der Waals surface area contributed by atoms with Crippen molar-refractivity contribution in [3.63, 3.8) is 0 Å². The average molecular weight is 297 g/mol. The summed E-state index contributed by atoms with van der Waals surface area (Å²) in [5.41, 5.74) is 0.997. The third kappa shape index (κ3) is 3.19. The van der Waals surface area contributed by atoms with Crippen LogP contribution in [0.2, 0.25) is 0 Å². The van der Waals surface area contributed by atoms with Gasteiger partial charge < -0.3 is 4.74 Å². The van der Waals surface area contributed by atoms with E-state index < -0.39 is 10.0 Å². The molecule has 0 spiro atoms. The normalized spacial score (nSPS) is 22.7. The molecule has 0 radical (unpaired) electrons. The fourth-order valence-electron chi connectivity index (χ4n) is 2.52. The van der Waals surface area contributed by atoms with Crippen molar-refractivity contribution in [1.29, 1.82) is 0 Å². The molecule has 2 rings (SSSR count). The highest BCUT2D eigenvalue weighted by Gasteiger charge is 2.36. The SMILES string of the molecule is COC(=O)[C@H]1CCC[C@H]1NS(=O)(=O)c1ccc(C)cc1. The van der Waals surface area contributed by atoms with Crippen molar-refractivity contribution in [2.75, 3.05) is 7.11 Å². The van der Waals surface area contributed by atoms with Crippen molar-refractivity contribution in [3.8, 4) is 0 Å². The summed E-state index contributed by atoms with van der Waals surface area (Å²) in [6.45, 7) is 1.90. The van der Waals surface area contributed by atoms with Crippen molar-refractivity contribution >= 4 is 16.0 Å². The summed E-state index contributed by atoms with van der Waals surface area (Å²) in [6, 6.07) is 6.26. The Kier molecular flexibility index (Phi) is 4.45. The van der Waals surface area contributed by atoms with Gasteiger partial charge in [-0.3, -0.25) is 4.79 Å². The molecule has 0 heterocycles. The largest absolute Gasteiger partial charge is 0.469 e. The lowest BCUT2D eigenvalue weighted by Crippen LogP contribution is -2.40. The second-order valence-corrected chi connectivity index (χ2v) is 6.82. The van der Waals surface area contributed by atoms with Gasteiger partial charge in [0.2, 0.25) is 10.0 Å². The average Bonchev–Trinajstić information content (AvgIpc) is 2.85. The lowest BCUT2D eigenvalue weighted by molar-refractivity contribution is -0.145. The number of aryl methyl sites for hydroxylation is 1. The van der Waals surface area contributed by atoms with E-state index in [2.05, 4.69) is 4.72 Å². The number of carbonyl (C=O) groups is 1. The summed E-state index contributed by atoms with van der Waals surface area (Å²) in [5, 5.41) is 0. The molecule has 0 aliphatic heterocycles. The Bertz CT molecular complexity index is 580. The summed E-state index contributed by atoms with van der Waals surface area (Å²) >= 11 is 0. The van der Waals surface area contributed by atoms with Crippen molar-refractivity contribution in [2.24, 2.45) is 5.92 Å². The molecule has 0 unspecified atom stereocenters. The lowest BCUT2D eigenvalue weighted by atomic mass is 10.1. The third-order valence-corrected chi connectivity index (χ3v) is 5.16. The Morgan fingerprint density at radius 2 is 1.90 bits per heavy atom. The molecule has 1 fully saturated rings. The van der Waals surface area contributed by atoms with E-state index >= 15 is 0 Å². The molecule has 0 saturated heterocycles. The van der Waals surface area contributed by atoms with E-state index in [1.807, 2.05) is 6.92 Å². The number of hydrogen-bond acceptors (Lipinski definition) is 4. The van der Waals surface area contributed by atoms with E-state index in [4.69, 9.17) is 4.74 Å². The second kappa shape index (κ2) is 5.93. The van der Waals surface area contributed by atoms with Gasteiger partial charge in [0.1, 0.15) is 0 Å². The van der Waals surface area contributed by atoms with Gasteiger partial charge in [-0.2, -0.15) is 0 Å². The molecule has 1 aromatic rings. The van der Waals surface area contributed by atoms with Gasteiger partial charge in [0.15, 0.2) is 0 Å². The van der Waals surface area contributed by atoms with Gasteiger partial charge in [-0.25, -0.2) is 13.1 Å². The zero-order valence-electron chi connectivity index (χ0n) is 11.6. The molecule has 1 aliphatic carbocycles. The van der Waals surface area contributed by atoms with E-state index in [0.717, 1.165) is 12.0 Å². The molecule has 1 aliphatic rings. The van der Waals surface area contributed by atoms with E-state index in [-0.39, 0.29) is 22.8 Å². The molecule has 0 amide bonds. The maximum atomic E-state index is 12.3. The number of rotatable bonds is 4. The molecule has 0 bridgehead atoms. The number of benzene rings is 1. The molecule has 6 heteroatoms. The van der Waals surface area contributed by atoms with Crippen LogP contribution in [0.5, 0.6) is 0 Å². The van der Waals surface area contributed by atoms with Crippen LogP contribution in [-0.2, 0) is 19.6 Å². The van der Waals surface area contributed by atoms with Crippen LogP contribution in [0.3, 0.4) is 0 Å². The highest BCUT2D eigenvalue weighted by Crippen LogP contribution is 2.28. The number of esters is 1. The lowest BCUT2D eigenvalue weighted by Gasteiger charge is -2.19. The van der Waals surface area contributed by atoms with Gasteiger partial charge in [0.25, 0.3) is 0 Å². The fraction of sp³-hybridized carbons (Fsp3) is 0.500. The molecule has 20 heavy (non-hydrogen) atoms. The van der Waals surface area contributed by atoms with Gasteiger partial charge in [-0.05, 0) is 31.9 Å². The summed E-state index contributed by atoms with van der Waals surface area (Å²) < 4.78 is 31.9. The first-order chi connectivity index (χ1) is 9.44. The van der Waals surface area contributed by atoms with Crippen molar-refractivity contribution in [1.82, 2.24) is 4.72 Å². The van der Waals surface area contributed by atoms with Crippen LogP contribution < -0.4 is 4.72 Å². The Labute approximate surface area is 119 Å². The van der Waals surface area contributed by atoms with Crippen LogP contribution in [0.4, 0.5) is 0 Å². The van der Waals surface area contributed by atoms with Crippen LogP contribution in [0.1, 0.15) is 24.8 Å². The minimum absolute atomic E-state index is 0.221. The maximum absolute atomic E-state index is 12.3. The number of sulfonamides is 1. The van der Waals surface area contributed by atoms with Gasteiger partial charge in [0, 0.05) is 6.04 Å². The number of nitrogens with one attached hydrogen (secondary N) is 1. The van der Waals surface area contributed by atoms with Crippen LogP contribution in [0, 0.1) is 12.8 Å². The maximum Gasteiger partial charge on any atom is 0.310 e. The second-order valence-electron chi connectivity index (χ2n) is 5.10. The summed E-state index contributed by atoms with van der Waals surface area (Å²) in [5.74, 6) is -0.737. The van der Waals surface area contributed by atoms with Crippen molar-refractivity contribution in [3.05, 3.63) is 29.8 Å². The van der Waals surface area contributed by atoms with E-state index in [1.165, 1.54) is 7.11 Å². The standard InChI is InChI=1S/C14H19NO4S/c1-10-6-8-11(9-7-10)20(17,18)15-13-5-3-4-12(13)14(16)19-2/h6-9,12-13,15H,3-5H2,1-2H3/t12-,13+/m0/s1. The van der Waals surface area contributed by atoms with E-state index in [9.17, 15) is 13.2 Å². The monoisotopic (exact) mass is 297 g/mol. The first-order valence-corrected chi connectivity index (χ1v) is 8.09. The summed E-state index contributed by atoms with van der Waals surface area (Å²) in [7, 11) is -2.27.